The third-order valence-electron chi connectivity index (χ3n) is 6.49. The van der Waals surface area contributed by atoms with E-state index in [9.17, 15) is 18.0 Å². The predicted octanol–water partition coefficient (Wildman–Crippen LogP) is 5.73. The van der Waals surface area contributed by atoms with E-state index in [0.717, 1.165) is 31.9 Å². The summed E-state index contributed by atoms with van der Waals surface area (Å²) in [7, 11) is 1.20. The Morgan fingerprint density at radius 1 is 1.07 bits per heavy atom. The Bertz CT molecular complexity index is 883. The number of methoxy groups -OCH3 is 1. The van der Waals surface area contributed by atoms with E-state index in [4.69, 9.17) is 4.74 Å². The molecule has 2 aromatic carbocycles. The average Bonchev–Trinajstić information content (AvgIpc) is 2.72. The van der Waals surface area contributed by atoms with Gasteiger partial charge in [-0.05, 0) is 49.4 Å². The average molecular weight is 417 g/mol. The molecule has 2 unspecified atom stereocenters. The molecule has 0 N–H and O–H groups in total. The molecule has 2 aliphatic rings. The van der Waals surface area contributed by atoms with Gasteiger partial charge in [0.1, 0.15) is 5.75 Å². The van der Waals surface area contributed by atoms with Crippen LogP contribution in [0.2, 0.25) is 0 Å². The lowest BCUT2D eigenvalue weighted by Crippen LogP contribution is -2.52. The molecule has 0 aliphatic carbocycles. The van der Waals surface area contributed by atoms with Crippen LogP contribution in [0.3, 0.4) is 0 Å². The lowest BCUT2D eigenvalue weighted by atomic mass is 9.75. The number of piperidine rings is 2. The molecule has 3 nitrogen and oxygen atoms in total. The third kappa shape index (κ3) is 4.24. The van der Waals surface area contributed by atoms with Gasteiger partial charge in [0.05, 0.1) is 12.7 Å². The Morgan fingerprint density at radius 3 is 2.33 bits per heavy atom. The van der Waals surface area contributed by atoms with Gasteiger partial charge in [-0.15, -0.1) is 0 Å². The fraction of sp³-hybridized carbons (Fsp3) is 0.458. The van der Waals surface area contributed by atoms with E-state index in [0.29, 0.717) is 24.9 Å². The number of ketones is 1. The Balaban J connectivity index is 1.53. The molecule has 0 amide bonds. The third-order valence-corrected chi connectivity index (χ3v) is 6.49. The summed E-state index contributed by atoms with van der Waals surface area (Å²) in [5, 5.41) is 0. The first-order chi connectivity index (χ1) is 14.4. The molecule has 2 heterocycles. The van der Waals surface area contributed by atoms with Crippen molar-refractivity contribution in [3.05, 3.63) is 65.2 Å². The lowest BCUT2D eigenvalue weighted by Gasteiger charge is -2.48. The summed E-state index contributed by atoms with van der Waals surface area (Å²) in [5.74, 6) is -0.671. The number of carbonyl (C=O) groups excluding carboxylic acids is 1. The number of nitrogens with zero attached hydrogens (tertiary/aromatic N) is 1. The van der Waals surface area contributed by atoms with Crippen molar-refractivity contribution >= 4 is 5.78 Å². The van der Waals surface area contributed by atoms with Crippen molar-refractivity contribution in [3.63, 3.8) is 0 Å². The molecule has 160 valence electrons. The standard InChI is InChI=1S/C24H26F3NO2/c1-30-22-11-10-17(14-21(22)24(25,26)27)23(29)18-12-19-8-5-9-20(13-18)28(19)15-16-6-3-2-4-7-16/h2-4,6-7,10-11,14,18-20H,5,8-9,12-13,15H2,1H3. The zero-order valence-corrected chi connectivity index (χ0v) is 17.0. The molecular formula is C24H26F3NO2. The van der Waals surface area contributed by atoms with E-state index in [2.05, 4.69) is 17.0 Å². The van der Waals surface area contributed by atoms with Crippen LogP contribution in [0.5, 0.6) is 5.75 Å². The molecule has 30 heavy (non-hydrogen) atoms. The van der Waals surface area contributed by atoms with Gasteiger partial charge in [-0.1, -0.05) is 36.8 Å². The van der Waals surface area contributed by atoms with Crippen molar-refractivity contribution in [2.45, 2.75) is 56.9 Å². The smallest absolute Gasteiger partial charge is 0.419 e. The number of alkyl halides is 3. The lowest BCUT2D eigenvalue weighted by molar-refractivity contribution is -0.138. The number of benzene rings is 2. The minimum Gasteiger partial charge on any atom is -0.496 e. The number of halogens is 3. The second kappa shape index (κ2) is 8.42. The molecule has 0 aromatic heterocycles. The van der Waals surface area contributed by atoms with Crippen LogP contribution in [0.15, 0.2) is 48.5 Å². The van der Waals surface area contributed by atoms with Gasteiger partial charge >= 0.3 is 6.18 Å². The molecule has 4 rings (SSSR count). The zero-order valence-electron chi connectivity index (χ0n) is 17.0. The van der Waals surface area contributed by atoms with Crippen molar-refractivity contribution in [1.82, 2.24) is 4.90 Å². The molecule has 2 bridgehead atoms. The fourth-order valence-electron chi connectivity index (χ4n) is 5.06. The summed E-state index contributed by atoms with van der Waals surface area (Å²) in [6.07, 6.45) is 0.0532. The van der Waals surface area contributed by atoms with Crippen molar-refractivity contribution in [2.24, 2.45) is 5.92 Å². The van der Waals surface area contributed by atoms with Gasteiger partial charge in [0.25, 0.3) is 0 Å². The molecule has 0 spiro atoms. The number of ether oxygens (including phenoxy) is 1. The quantitative estimate of drug-likeness (QED) is 0.582. The molecule has 0 saturated carbocycles. The van der Waals surface area contributed by atoms with Crippen LogP contribution in [0, 0.1) is 5.92 Å². The molecule has 2 aliphatic heterocycles. The minimum absolute atomic E-state index is 0.128. The number of hydrogen-bond donors (Lipinski definition) is 0. The van der Waals surface area contributed by atoms with Gasteiger partial charge in [0.2, 0.25) is 0 Å². The zero-order chi connectivity index (χ0) is 21.3. The van der Waals surface area contributed by atoms with E-state index in [1.165, 1.54) is 24.8 Å². The van der Waals surface area contributed by atoms with Crippen molar-refractivity contribution in [2.75, 3.05) is 7.11 Å². The first kappa shape index (κ1) is 20.9. The summed E-state index contributed by atoms with van der Waals surface area (Å²) in [4.78, 5) is 15.6. The summed E-state index contributed by atoms with van der Waals surface area (Å²) in [5.41, 5.74) is 0.490. The van der Waals surface area contributed by atoms with Crippen LogP contribution >= 0.6 is 0 Å². The van der Waals surface area contributed by atoms with Gasteiger partial charge in [-0.2, -0.15) is 13.2 Å². The van der Waals surface area contributed by atoms with Crippen LogP contribution < -0.4 is 4.74 Å². The molecule has 2 atom stereocenters. The summed E-state index contributed by atoms with van der Waals surface area (Å²) >= 11 is 0. The predicted molar refractivity (Wildman–Crippen MR) is 108 cm³/mol. The largest absolute Gasteiger partial charge is 0.496 e. The highest BCUT2D eigenvalue weighted by Crippen LogP contribution is 2.41. The first-order valence-corrected chi connectivity index (χ1v) is 10.5. The molecule has 2 fully saturated rings. The minimum atomic E-state index is -4.56. The second-order valence-corrected chi connectivity index (χ2v) is 8.34. The van der Waals surface area contributed by atoms with E-state index in [1.54, 1.807) is 0 Å². The van der Waals surface area contributed by atoms with Crippen LogP contribution in [0.4, 0.5) is 13.2 Å². The number of fused-ring (bicyclic) bond motifs is 2. The second-order valence-electron chi connectivity index (χ2n) is 8.34. The Kier molecular flexibility index (Phi) is 5.87. The van der Waals surface area contributed by atoms with Crippen LogP contribution in [0.25, 0.3) is 0 Å². The van der Waals surface area contributed by atoms with Crippen molar-refractivity contribution in [1.29, 1.82) is 0 Å². The van der Waals surface area contributed by atoms with Crippen molar-refractivity contribution < 1.29 is 22.7 Å². The van der Waals surface area contributed by atoms with E-state index >= 15 is 0 Å². The van der Waals surface area contributed by atoms with Crippen LogP contribution in [-0.2, 0) is 12.7 Å². The maximum atomic E-state index is 13.4. The molecule has 0 radical (unpaired) electrons. The Hall–Kier alpha value is -2.34. The molecule has 2 saturated heterocycles. The summed E-state index contributed by atoms with van der Waals surface area (Å²) in [6.45, 7) is 0.859. The Labute approximate surface area is 174 Å². The van der Waals surface area contributed by atoms with E-state index in [-0.39, 0.29) is 23.0 Å². The normalized spacial score (nSPS) is 24.5. The topological polar surface area (TPSA) is 29.5 Å². The van der Waals surface area contributed by atoms with Gasteiger partial charge in [0.15, 0.2) is 5.78 Å². The number of hydrogen-bond acceptors (Lipinski definition) is 3. The van der Waals surface area contributed by atoms with E-state index < -0.39 is 11.7 Å². The number of carbonyl (C=O) groups is 1. The molecule has 2 aromatic rings. The van der Waals surface area contributed by atoms with Gasteiger partial charge < -0.3 is 4.74 Å². The number of rotatable bonds is 5. The van der Waals surface area contributed by atoms with Crippen LogP contribution in [0.1, 0.15) is 53.6 Å². The highest BCUT2D eigenvalue weighted by Gasteiger charge is 2.41. The number of Topliss-reactive ketones (excluding diaryl/α,β-unsaturated/α-hetero) is 1. The fourth-order valence-corrected chi connectivity index (χ4v) is 5.06. The molecule has 6 heteroatoms. The highest BCUT2D eigenvalue weighted by molar-refractivity contribution is 5.98. The Morgan fingerprint density at radius 2 is 1.73 bits per heavy atom. The van der Waals surface area contributed by atoms with E-state index in [1.807, 2.05) is 18.2 Å². The monoisotopic (exact) mass is 417 g/mol. The van der Waals surface area contributed by atoms with Crippen molar-refractivity contribution in [3.8, 4) is 5.75 Å². The van der Waals surface area contributed by atoms with Gasteiger partial charge in [0, 0.05) is 30.1 Å². The first-order valence-electron chi connectivity index (χ1n) is 10.5. The highest BCUT2D eigenvalue weighted by atomic mass is 19.4. The van der Waals surface area contributed by atoms with Gasteiger partial charge in [-0.3, -0.25) is 9.69 Å². The maximum Gasteiger partial charge on any atom is 0.419 e. The van der Waals surface area contributed by atoms with Crippen LogP contribution in [-0.4, -0.2) is 29.9 Å². The van der Waals surface area contributed by atoms with Gasteiger partial charge in [-0.25, -0.2) is 0 Å². The summed E-state index contributed by atoms with van der Waals surface area (Å²) in [6, 6.07) is 14.5. The maximum absolute atomic E-state index is 13.4. The SMILES string of the molecule is COc1ccc(C(=O)C2CC3CCCC(C2)N3Cc2ccccc2)cc1C(F)(F)F. The molecular weight excluding hydrogens is 391 g/mol. The summed E-state index contributed by atoms with van der Waals surface area (Å²) < 4.78 is 45.0.